The van der Waals surface area contributed by atoms with Crippen molar-refractivity contribution in [2.24, 2.45) is 0 Å². The molecule has 0 radical (unpaired) electrons. The van der Waals surface area contributed by atoms with Crippen molar-refractivity contribution in [3.05, 3.63) is 125 Å². The Balaban J connectivity index is 1.65. The third-order valence-corrected chi connectivity index (χ3v) is 8.52. The molecule has 5 rings (SSSR count). The lowest BCUT2D eigenvalue weighted by atomic mass is 9.67. The van der Waals surface area contributed by atoms with E-state index in [1.54, 1.807) is 6.08 Å². The number of fused-ring (bicyclic) bond motifs is 1. The molecule has 3 aromatic carbocycles. The van der Waals surface area contributed by atoms with Crippen molar-refractivity contribution >= 4 is 21.0 Å². The van der Waals surface area contributed by atoms with Crippen LogP contribution in [-0.2, 0) is 22.3 Å². The van der Waals surface area contributed by atoms with Crippen LogP contribution in [0.1, 0.15) is 37.3 Å². The summed E-state index contributed by atoms with van der Waals surface area (Å²) in [5.41, 5.74) is 2.42. The molecule has 1 unspecified atom stereocenters. The number of hydrogen-bond donors (Lipinski definition) is 2. The fourth-order valence-electron chi connectivity index (χ4n) is 5.81. The molecule has 3 atom stereocenters. The number of nitrogens with zero attached hydrogens (tertiary/aromatic N) is 1. The zero-order chi connectivity index (χ0) is 26.9. The van der Waals surface area contributed by atoms with Crippen LogP contribution in [0.3, 0.4) is 0 Å². The number of aromatic nitrogens is 1. The molecule has 0 spiro atoms. The van der Waals surface area contributed by atoms with Gasteiger partial charge in [-0.15, -0.1) is 0 Å². The van der Waals surface area contributed by atoms with Crippen LogP contribution in [0.4, 0.5) is 0 Å². The highest BCUT2D eigenvalue weighted by atomic mass is 32.2. The minimum Gasteiger partial charge on any atom is -0.489 e. The number of aliphatic hydroxyl groups is 1. The van der Waals surface area contributed by atoms with Crippen LogP contribution in [0.5, 0.6) is 5.75 Å². The average Bonchev–Trinajstić information content (AvgIpc) is 3.34. The minimum atomic E-state index is -4.65. The van der Waals surface area contributed by atoms with E-state index in [0.717, 1.165) is 27.6 Å². The molecule has 7 heteroatoms. The molecule has 1 aromatic heterocycles. The van der Waals surface area contributed by atoms with E-state index in [-0.39, 0.29) is 5.92 Å². The second kappa shape index (κ2) is 10.3. The normalized spacial score (nSPS) is 20.6. The highest BCUT2D eigenvalue weighted by molar-refractivity contribution is 7.89. The van der Waals surface area contributed by atoms with Crippen molar-refractivity contribution in [2.75, 3.05) is 0 Å². The van der Waals surface area contributed by atoms with E-state index >= 15 is 0 Å². The molecule has 0 saturated carbocycles. The van der Waals surface area contributed by atoms with Gasteiger partial charge in [-0.25, -0.2) is 0 Å². The SMILES string of the molecule is CCC(c1ccccc1)[C@]1(n2ccc3cc(OCc4ccccc4)ccc32)C(C)=CC=C(S(=O)(=O)O)[C@H]1O. The van der Waals surface area contributed by atoms with Crippen molar-refractivity contribution in [2.45, 2.75) is 44.4 Å². The van der Waals surface area contributed by atoms with Gasteiger partial charge in [0.2, 0.25) is 0 Å². The average molecular weight is 530 g/mol. The van der Waals surface area contributed by atoms with Crippen molar-refractivity contribution < 1.29 is 22.8 Å². The number of rotatable bonds is 8. The summed E-state index contributed by atoms with van der Waals surface area (Å²) in [5, 5.41) is 12.7. The predicted octanol–water partition coefficient (Wildman–Crippen LogP) is 6.20. The number of allylic oxidation sites excluding steroid dienone is 2. The summed E-state index contributed by atoms with van der Waals surface area (Å²) in [6.45, 7) is 4.35. The quantitative estimate of drug-likeness (QED) is 0.265. The Bertz CT molecular complexity index is 1610. The van der Waals surface area contributed by atoms with Crippen molar-refractivity contribution in [1.82, 2.24) is 4.57 Å². The molecule has 196 valence electrons. The standard InChI is InChI=1S/C31H31NO5S/c1-3-27(24-12-8-5-9-13-24)31(22(2)14-17-29(30(31)33)38(34,35)36)32-19-18-25-20-26(15-16-28(25)32)37-21-23-10-6-4-7-11-23/h4-20,27,30,33H,3,21H2,1-2H3,(H,34,35,36)/t27?,30-,31-/m1/s1. The summed E-state index contributed by atoms with van der Waals surface area (Å²) >= 11 is 0. The molecule has 1 heterocycles. The van der Waals surface area contributed by atoms with Crippen LogP contribution in [0.15, 0.2) is 114 Å². The molecular formula is C31H31NO5S. The molecule has 38 heavy (non-hydrogen) atoms. The fraction of sp³-hybridized carbons (Fsp3) is 0.226. The van der Waals surface area contributed by atoms with Gasteiger partial charge in [0.25, 0.3) is 10.1 Å². The maximum atomic E-state index is 12.4. The lowest BCUT2D eigenvalue weighted by Gasteiger charge is -2.48. The molecular weight excluding hydrogens is 498 g/mol. The molecule has 0 fully saturated rings. The van der Waals surface area contributed by atoms with Crippen molar-refractivity contribution in [1.29, 1.82) is 0 Å². The van der Waals surface area contributed by atoms with Crippen LogP contribution < -0.4 is 4.74 Å². The molecule has 1 aliphatic rings. The topological polar surface area (TPSA) is 88.8 Å². The first-order chi connectivity index (χ1) is 18.3. The molecule has 6 nitrogen and oxygen atoms in total. The van der Waals surface area contributed by atoms with E-state index in [4.69, 9.17) is 4.74 Å². The second-order valence-electron chi connectivity index (χ2n) is 9.67. The summed E-state index contributed by atoms with van der Waals surface area (Å²) in [7, 11) is -4.65. The Morgan fingerprint density at radius 2 is 1.66 bits per heavy atom. The zero-order valence-corrected chi connectivity index (χ0v) is 22.2. The lowest BCUT2D eigenvalue weighted by molar-refractivity contribution is 0.0690. The van der Waals surface area contributed by atoms with Gasteiger partial charge in [0.1, 0.15) is 28.9 Å². The number of ether oxygens (including phenoxy) is 1. The summed E-state index contributed by atoms with van der Waals surface area (Å²) in [6, 6.07) is 27.4. The van der Waals surface area contributed by atoms with Gasteiger partial charge >= 0.3 is 0 Å². The molecule has 2 N–H and O–H groups in total. The summed E-state index contributed by atoms with van der Waals surface area (Å²) in [4.78, 5) is -0.415. The maximum Gasteiger partial charge on any atom is 0.293 e. The zero-order valence-electron chi connectivity index (χ0n) is 21.4. The van der Waals surface area contributed by atoms with Gasteiger partial charge in [0, 0.05) is 23.0 Å². The first-order valence-corrected chi connectivity index (χ1v) is 14.1. The van der Waals surface area contributed by atoms with E-state index in [0.29, 0.717) is 18.8 Å². The highest BCUT2D eigenvalue weighted by Crippen LogP contribution is 2.51. The van der Waals surface area contributed by atoms with E-state index < -0.39 is 26.7 Å². The Morgan fingerprint density at radius 3 is 2.32 bits per heavy atom. The number of aliphatic hydroxyl groups excluding tert-OH is 1. The van der Waals surface area contributed by atoms with Crippen molar-refractivity contribution in [3.63, 3.8) is 0 Å². The maximum absolute atomic E-state index is 12.4. The second-order valence-corrected chi connectivity index (χ2v) is 11.1. The van der Waals surface area contributed by atoms with Crippen LogP contribution >= 0.6 is 0 Å². The van der Waals surface area contributed by atoms with Crippen LogP contribution in [0.25, 0.3) is 10.9 Å². The number of hydrogen-bond acceptors (Lipinski definition) is 4. The molecule has 0 bridgehead atoms. The van der Waals surface area contributed by atoms with Crippen LogP contribution in [0, 0.1) is 0 Å². The summed E-state index contributed by atoms with van der Waals surface area (Å²) in [5.74, 6) is 0.406. The van der Waals surface area contributed by atoms with Gasteiger partial charge in [-0.2, -0.15) is 8.42 Å². The molecule has 4 aromatic rings. The largest absolute Gasteiger partial charge is 0.489 e. The Morgan fingerprint density at radius 1 is 0.974 bits per heavy atom. The molecule has 0 saturated heterocycles. The van der Waals surface area contributed by atoms with Crippen LogP contribution in [-0.4, -0.2) is 28.7 Å². The fourth-order valence-corrected chi connectivity index (χ4v) is 6.51. The molecule has 0 aliphatic heterocycles. The number of benzene rings is 3. The van der Waals surface area contributed by atoms with E-state index in [9.17, 15) is 18.1 Å². The highest BCUT2D eigenvalue weighted by Gasteiger charge is 2.53. The first kappa shape index (κ1) is 26.0. The van der Waals surface area contributed by atoms with Gasteiger partial charge in [-0.3, -0.25) is 4.55 Å². The minimum absolute atomic E-state index is 0.301. The van der Waals surface area contributed by atoms with Gasteiger partial charge in [-0.05, 0) is 60.4 Å². The van der Waals surface area contributed by atoms with Gasteiger partial charge in [0.15, 0.2) is 0 Å². The van der Waals surface area contributed by atoms with Gasteiger partial charge < -0.3 is 14.4 Å². The van der Waals surface area contributed by atoms with E-state index in [1.807, 2.05) is 110 Å². The van der Waals surface area contributed by atoms with Crippen LogP contribution in [0.2, 0.25) is 0 Å². The third kappa shape index (κ3) is 4.47. The summed E-state index contributed by atoms with van der Waals surface area (Å²) in [6.07, 6.45) is 3.96. The Labute approximate surface area is 223 Å². The lowest BCUT2D eigenvalue weighted by Crippen LogP contribution is -2.53. The van der Waals surface area contributed by atoms with E-state index in [2.05, 4.69) is 0 Å². The molecule has 1 aliphatic carbocycles. The van der Waals surface area contributed by atoms with Gasteiger partial charge in [0.05, 0.1) is 0 Å². The monoisotopic (exact) mass is 529 g/mol. The van der Waals surface area contributed by atoms with E-state index in [1.165, 1.54) is 6.08 Å². The molecule has 0 amide bonds. The van der Waals surface area contributed by atoms with Gasteiger partial charge in [-0.1, -0.05) is 73.7 Å². The predicted molar refractivity (Wildman–Crippen MR) is 150 cm³/mol. The van der Waals surface area contributed by atoms with Crippen molar-refractivity contribution in [3.8, 4) is 5.75 Å². The smallest absolute Gasteiger partial charge is 0.293 e. The Hall–Kier alpha value is -3.65. The Kier molecular flexibility index (Phi) is 7.01. The third-order valence-electron chi connectivity index (χ3n) is 7.56. The first-order valence-electron chi connectivity index (χ1n) is 12.6. The summed E-state index contributed by atoms with van der Waals surface area (Å²) < 4.78 is 42.8.